The summed E-state index contributed by atoms with van der Waals surface area (Å²) in [5.74, 6) is 0. The van der Waals surface area contributed by atoms with Crippen molar-refractivity contribution in [2.75, 3.05) is 14.7 Å². The molecule has 0 atom stereocenters. The van der Waals surface area contributed by atoms with Crippen molar-refractivity contribution in [3.63, 3.8) is 0 Å². The molecule has 0 aliphatic heterocycles. The van der Waals surface area contributed by atoms with Gasteiger partial charge < -0.3 is 14.7 Å². The fraction of sp³-hybridized carbons (Fsp3) is 0.125. The first-order valence-electron chi connectivity index (χ1n) is 17.7. The quantitative estimate of drug-likeness (QED) is 0.152. The van der Waals surface area contributed by atoms with Gasteiger partial charge >= 0.3 is 0 Å². The van der Waals surface area contributed by atoms with E-state index in [2.05, 4.69) is 220 Å². The van der Waals surface area contributed by atoms with Crippen LogP contribution in [-0.2, 0) is 0 Å². The summed E-state index contributed by atoms with van der Waals surface area (Å²) in [5.41, 5.74) is 17.0. The largest absolute Gasteiger partial charge is 0.308 e. The molecule has 0 fully saturated rings. The van der Waals surface area contributed by atoms with Gasteiger partial charge in [-0.3, -0.25) is 0 Å². The van der Waals surface area contributed by atoms with Gasteiger partial charge in [-0.05, 0) is 160 Å². The average molecular weight is 664 g/mol. The van der Waals surface area contributed by atoms with Crippen LogP contribution < -0.4 is 14.7 Å². The fourth-order valence-electron chi connectivity index (χ4n) is 6.97. The highest BCUT2D eigenvalue weighted by Crippen LogP contribution is 2.53. The normalized spacial score (nSPS) is 10.9. The van der Waals surface area contributed by atoms with E-state index in [1.807, 2.05) is 0 Å². The van der Waals surface area contributed by atoms with E-state index in [4.69, 9.17) is 0 Å². The first-order valence-corrected chi connectivity index (χ1v) is 17.7. The number of para-hydroxylation sites is 1. The Morgan fingerprint density at radius 2 is 0.471 bits per heavy atom. The van der Waals surface area contributed by atoms with Gasteiger partial charge in [0.15, 0.2) is 0 Å². The topological polar surface area (TPSA) is 9.72 Å². The predicted molar refractivity (Wildman–Crippen MR) is 219 cm³/mol. The molecule has 0 aliphatic carbocycles. The second-order valence-corrected chi connectivity index (χ2v) is 13.7. The van der Waals surface area contributed by atoms with E-state index >= 15 is 0 Å². The monoisotopic (exact) mass is 663 g/mol. The molecule has 0 radical (unpaired) electrons. The third-order valence-electron chi connectivity index (χ3n) is 9.26. The Morgan fingerprint density at radius 3 is 0.706 bits per heavy atom. The number of aryl methyl sites for hydroxylation is 6. The second kappa shape index (κ2) is 14.4. The number of hydrogen-bond donors (Lipinski definition) is 0. The molecule has 0 bridgehead atoms. The molecule has 0 aromatic heterocycles. The number of hydrogen-bond acceptors (Lipinski definition) is 3. The molecule has 0 saturated carbocycles. The van der Waals surface area contributed by atoms with Crippen molar-refractivity contribution in [3.05, 3.63) is 197 Å². The highest BCUT2D eigenvalue weighted by molar-refractivity contribution is 6.01. The highest BCUT2D eigenvalue weighted by Gasteiger charge is 2.29. The number of anilines is 9. The zero-order chi connectivity index (χ0) is 35.5. The first kappa shape index (κ1) is 33.4. The molecular weight excluding hydrogens is 619 g/mol. The summed E-state index contributed by atoms with van der Waals surface area (Å²) >= 11 is 0. The molecule has 0 heterocycles. The minimum atomic E-state index is 1.07. The lowest BCUT2D eigenvalue weighted by Crippen LogP contribution is -2.21. The molecule has 51 heavy (non-hydrogen) atoms. The van der Waals surface area contributed by atoms with Crippen LogP contribution in [0.5, 0.6) is 0 Å². The molecule has 7 aromatic rings. The van der Waals surface area contributed by atoms with E-state index in [0.717, 1.165) is 51.2 Å². The summed E-state index contributed by atoms with van der Waals surface area (Å²) in [7, 11) is 0. The van der Waals surface area contributed by atoms with E-state index in [-0.39, 0.29) is 0 Å². The van der Waals surface area contributed by atoms with E-state index in [0.29, 0.717) is 0 Å². The van der Waals surface area contributed by atoms with Gasteiger partial charge in [-0.2, -0.15) is 0 Å². The smallest absolute Gasteiger partial charge is 0.0946 e. The Labute approximate surface area is 303 Å². The first-order chi connectivity index (χ1) is 24.7. The lowest BCUT2D eigenvalue weighted by atomic mass is 10.0. The molecule has 7 rings (SSSR count). The molecule has 0 N–H and O–H groups in total. The average Bonchev–Trinajstić information content (AvgIpc) is 3.10. The Morgan fingerprint density at radius 1 is 0.255 bits per heavy atom. The standard InChI is InChI=1S/C48H45N3/c1-34-14-7-20-40(28-34)49(41-21-8-15-35(2)29-41)46-26-13-27-47(50(42-22-9-16-36(3)30-42)43-23-10-17-37(4)31-43)48(46)51(44-24-11-18-38(5)32-44)45-25-12-19-39(6)33-45/h7-33H,1-6H3. The van der Waals surface area contributed by atoms with Crippen LogP contribution in [0.15, 0.2) is 164 Å². The third-order valence-corrected chi connectivity index (χ3v) is 9.26. The summed E-state index contributed by atoms with van der Waals surface area (Å²) in [6.45, 7) is 13.0. The maximum Gasteiger partial charge on any atom is 0.0946 e. The number of benzene rings is 7. The Bertz CT molecular complexity index is 2070. The van der Waals surface area contributed by atoms with Crippen LogP contribution >= 0.6 is 0 Å². The Kier molecular flexibility index (Phi) is 9.46. The molecule has 0 spiro atoms. The van der Waals surface area contributed by atoms with Gasteiger partial charge in [0.2, 0.25) is 0 Å². The van der Waals surface area contributed by atoms with Crippen molar-refractivity contribution in [2.45, 2.75) is 41.5 Å². The second-order valence-electron chi connectivity index (χ2n) is 13.7. The lowest BCUT2D eigenvalue weighted by Gasteiger charge is -2.38. The molecule has 252 valence electrons. The van der Waals surface area contributed by atoms with Gasteiger partial charge in [0, 0.05) is 34.1 Å². The van der Waals surface area contributed by atoms with Crippen LogP contribution in [0.1, 0.15) is 33.4 Å². The zero-order valence-electron chi connectivity index (χ0n) is 30.4. The SMILES string of the molecule is Cc1cccc(N(c2cccc(C)c2)c2cccc(N(c3cccc(C)c3)c3cccc(C)c3)c2N(c2cccc(C)c2)c2cccc(C)c2)c1. The molecule has 7 aromatic carbocycles. The van der Waals surface area contributed by atoms with Gasteiger partial charge in [0.05, 0.1) is 17.1 Å². The van der Waals surface area contributed by atoms with Gasteiger partial charge in [-0.15, -0.1) is 0 Å². The molecule has 0 aliphatic rings. The van der Waals surface area contributed by atoms with Crippen LogP contribution in [0.4, 0.5) is 51.2 Å². The fourth-order valence-corrected chi connectivity index (χ4v) is 6.97. The maximum atomic E-state index is 2.45. The predicted octanol–water partition coefficient (Wildman–Crippen LogP) is 13.9. The minimum absolute atomic E-state index is 1.07. The maximum absolute atomic E-state index is 2.45. The van der Waals surface area contributed by atoms with Crippen molar-refractivity contribution in [1.82, 2.24) is 0 Å². The molecule has 0 saturated heterocycles. The molecular formula is C48H45N3. The summed E-state index contributed by atoms with van der Waals surface area (Å²) in [6.07, 6.45) is 0. The van der Waals surface area contributed by atoms with E-state index in [1.165, 1.54) is 33.4 Å². The van der Waals surface area contributed by atoms with Crippen LogP contribution in [0.2, 0.25) is 0 Å². The molecule has 0 unspecified atom stereocenters. The van der Waals surface area contributed by atoms with Gasteiger partial charge in [0.1, 0.15) is 0 Å². The summed E-state index contributed by atoms with van der Waals surface area (Å²) < 4.78 is 0. The lowest BCUT2D eigenvalue weighted by molar-refractivity contribution is 1.18. The minimum Gasteiger partial charge on any atom is -0.308 e. The summed E-state index contributed by atoms with van der Waals surface area (Å²) in [4.78, 5) is 7.28. The van der Waals surface area contributed by atoms with E-state index in [1.54, 1.807) is 0 Å². The van der Waals surface area contributed by atoms with Gasteiger partial charge in [-0.25, -0.2) is 0 Å². The van der Waals surface area contributed by atoms with Crippen molar-refractivity contribution >= 4 is 51.2 Å². The van der Waals surface area contributed by atoms with Crippen LogP contribution in [-0.4, -0.2) is 0 Å². The number of nitrogens with zero attached hydrogens (tertiary/aromatic N) is 3. The van der Waals surface area contributed by atoms with Gasteiger partial charge in [-0.1, -0.05) is 78.9 Å². The zero-order valence-corrected chi connectivity index (χ0v) is 30.4. The van der Waals surface area contributed by atoms with Crippen LogP contribution in [0.25, 0.3) is 0 Å². The molecule has 0 amide bonds. The Balaban J connectivity index is 1.65. The van der Waals surface area contributed by atoms with Crippen molar-refractivity contribution in [2.24, 2.45) is 0 Å². The summed E-state index contributed by atoms with van der Waals surface area (Å²) in [5, 5.41) is 0. The van der Waals surface area contributed by atoms with Crippen LogP contribution in [0, 0.1) is 41.5 Å². The van der Waals surface area contributed by atoms with Crippen molar-refractivity contribution < 1.29 is 0 Å². The van der Waals surface area contributed by atoms with E-state index < -0.39 is 0 Å². The Hall–Kier alpha value is -6.06. The molecule has 3 nitrogen and oxygen atoms in total. The van der Waals surface area contributed by atoms with E-state index in [9.17, 15) is 0 Å². The molecule has 3 heteroatoms. The highest BCUT2D eigenvalue weighted by atomic mass is 15.3. The van der Waals surface area contributed by atoms with Crippen molar-refractivity contribution in [1.29, 1.82) is 0 Å². The van der Waals surface area contributed by atoms with Crippen LogP contribution in [0.3, 0.4) is 0 Å². The third kappa shape index (κ3) is 7.15. The summed E-state index contributed by atoms with van der Waals surface area (Å²) in [6, 6.07) is 59.7. The van der Waals surface area contributed by atoms with Crippen molar-refractivity contribution in [3.8, 4) is 0 Å². The van der Waals surface area contributed by atoms with Gasteiger partial charge in [0.25, 0.3) is 0 Å². The number of rotatable bonds is 9.